The number of alkyl halides is 2. The van der Waals surface area contributed by atoms with Gasteiger partial charge in [0, 0.05) is 17.4 Å². The van der Waals surface area contributed by atoms with Crippen LogP contribution in [0.2, 0.25) is 0 Å². The van der Waals surface area contributed by atoms with E-state index >= 15 is 0 Å². The molecule has 0 radical (unpaired) electrons. The number of fused-ring (bicyclic) bond motifs is 9. The summed E-state index contributed by atoms with van der Waals surface area (Å²) >= 11 is 0. The molecule has 7 nitrogen and oxygen atoms in total. The number of sulfone groups is 1. The maximum atomic E-state index is 13.2. The van der Waals surface area contributed by atoms with E-state index in [9.17, 15) is 22.0 Å². The molecule has 0 spiro atoms. The molecular formula is C25H19F2N3O4S. The Kier molecular flexibility index (Phi) is 4.72. The molecule has 178 valence electrons. The van der Waals surface area contributed by atoms with Gasteiger partial charge in [-0.05, 0) is 53.9 Å². The summed E-state index contributed by atoms with van der Waals surface area (Å²) < 4.78 is 56.8. The number of carbonyl (C=O) groups excluding carboxylic acids is 1. The largest absolute Gasteiger partial charge is 0.434 e. The third-order valence-electron chi connectivity index (χ3n) is 6.58. The SMILES string of the molecule is CS(=O)(=O)c1ccc(-c2ccc3nc4n(c3c2)[C@@H]2C[C@H]4NC(=O)c3cccc(OC(F)F)c32)cc1. The molecule has 1 amide bonds. The monoisotopic (exact) mass is 495 g/mol. The Morgan fingerprint density at radius 2 is 1.83 bits per heavy atom. The van der Waals surface area contributed by atoms with E-state index in [2.05, 4.69) is 5.32 Å². The molecule has 3 heterocycles. The molecule has 0 fully saturated rings. The van der Waals surface area contributed by atoms with Gasteiger partial charge in [0.15, 0.2) is 9.84 Å². The zero-order chi connectivity index (χ0) is 24.5. The van der Waals surface area contributed by atoms with Crippen molar-refractivity contribution in [3.8, 4) is 16.9 Å². The number of ether oxygens (including phenoxy) is 1. The van der Waals surface area contributed by atoms with Crippen molar-refractivity contribution in [3.05, 3.63) is 77.6 Å². The van der Waals surface area contributed by atoms with Crippen LogP contribution in [-0.4, -0.2) is 36.7 Å². The number of amides is 1. The highest BCUT2D eigenvalue weighted by Gasteiger charge is 2.42. The Hall–Kier alpha value is -3.79. The molecule has 0 unspecified atom stereocenters. The van der Waals surface area contributed by atoms with Crippen molar-refractivity contribution >= 4 is 26.8 Å². The molecule has 6 rings (SSSR count). The van der Waals surface area contributed by atoms with Gasteiger partial charge in [0.1, 0.15) is 11.6 Å². The molecule has 0 saturated heterocycles. The molecule has 2 bridgehead atoms. The zero-order valence-electron chi connectivity index (χ0n) is 18.4. The first kappa shape index (κ1) is 21.7. The number of carbonyl (C=O) groups is 1. The number of nitrogens with one attached hydrogen (secondary N) is 1. The predicted molar refractivity (Wildman–Crippen MR) is 124 cm³/mol. The van der Waals surface area contributed by atoms with E-state index in [1.807, 2.05) is 22.8 Å². The maximum absolute atomic E-state index is 13.2. The van der Waals surface area contributed by atoms with E-state index in [0.29, 0.717) is 28.9 Å². The summed E-state index contributed by atoms with van der Waals surface area (Å²) in [6.07, 6.45) is 1.63. The molecule has 2 aliphatic rings. The first-order valence-electron chi connectivity index (χ1n) is 10.9. The van der Waals surface area contributed by atoms with E-state index < -0.39 is 22.5 Å². The van der Waals surface area contributed by atoms with Crippen LogP contribution in [0, 0.1) is 0 Å². The second kappa shape index (κ2) is 7.61. The average molecular weight is 496 g/mol. The number of hydrogen-bond acceptors (Lipinski definition) is 5. The Bertz CT molecular complexity index is 1610. The summed E-state index contributed by atoms with van der Waals surface area (Å²) in [6, 6.07) is 16.1. The second-order valence-corrected chi connectivity index (χ2v) is 10.7. The lowest BCUT2D eigenvalue weighted by atomic mass is 9.97. The third-order valence-corrected chi connectivity index (χ3v) is 7.71. The molecular weight excluding hydrogens is 476 g/mol. The fourth-order valence-corrected chi connectivity index (χ4v) is 5.71. The van der Waals surface area contributed by atoms with Gasteiger partial charge < -0.3 is 14.6 Å². The van der Waals surface area contributed by atoms with Crippen LogP contribution in [0.25, 0.3) is 22.2 Å². The minimum atomic E-state index is -3.31. The standard InChI is InChI=1S/C25H19F2N3O4S/c1-35(32,33)15-8-5-13(6-9-15)14-7-10-17-19(11-14)30-20-12-18(23(30)28-17)29-24(31)16-3-2-4-21(22(16)20)34-25(26)27/h2-11,18,20,25H,12H2,1H3,(H,29,31)/t18-,20-/m1/s1. The van der Waals surface area contributed by atoms with Crippen molar-refractivity contribution in [1.82, 2.24) is 14.9 Å². The predicted octanol–water partition coefficient (Wildman–Crippen LogP) is 4.49. The van der Waals surface area contributed by atoms with Crippen LogP contribution in [0.15, 0.2) is 65.6 Å². The third kappa shape index (κ3) is 3.47. The first-order valence-corrected chi connectivity index (χ1v) is 12.8. The molecule has 4 aromatic rings. The van der Waals surface area contributed by atoms with Crippen molar-refractivity contribution in [2.24, 2.45) is 0 Å². The highest BCUT2D eigenvalue weighted by atomic mass is 32.2. The minimum Gasteiger partial charge on any atom is -0.434 e. The molecule has 2 atom stereocenters. The van der Waals surface area contributed by atoms with Gasteiger partial charge in [-0.15, -0.1) is 0 Å². The Morgan fingerprint density at radius 1 is 1.09 bits per heavy atom. The van der Waals surface area contributed by atoms with Crippen LogP contribution >= 0.6 is 0 Å². The number of halogens is 2. The van der Waals surface area contributed by atoms with Crippen LogP contribution in [0.3, 0.4) is 0 Å². The lowest BCUT2D eigenvalue weighted by Crippen LogP contribution is -2.28. The lowest BCUT2D eigenvalue weighted by molar-refractivity contribution is -0.0507. The van der Waals surface area contributed by atoms with Gasteiger partial charge in [-0.2, -0.15) is 8.78 Å². The van der Waals surface area contributed by atoms with E-state index in [0.717, 1.165) is 22.9 Å². The van der Waals surface area contributed by atoms with Crippen molar-refractivity contribution in [1.29, 1.82) is 0 Å². The summed E-state index contributed by atoms with van der Waals surface area (Å²) in [4.78, 5) is 17.8. The molecule has 1 aromatic heterocycles. The second-order valence-electron chi connectivity index (χ2n) is 8.71. The van der Waals surface area contributed by atoms with Crippen LogP contribution in [0.5, 0.6) is 5.75 Å². The summed E-state index contributed by atoms with van der Waals surface area (Å²) in [5, 5.41) is 2.97. The minimum absolute atomic E-state index is 0.0273. The van der Waals surface area contributed by atoms with Gasteiger partial charge in [0.05, 0.1) is 28.0 Å². The van der Waals surface area contributed by atoms with Crippen LogP contribution in [0.4, 0.5) is 8.78 Å². The smallest absolute Gasteiger partial charge is 0.387 e. The van der Waals surface area contributed by atoms with Crippen molar-refractivity contribution in [2.45, 2.75) is 30.0 Å². The van der Waals surface area contributed by atoms with Crippen molar-refractivity contribution in [3.63, 3.8) is 0 Å². The average Bonchev–Trinajstić information content (AvgIpc) is 3.30. The summed E-state index contributed by atoms with van der Waals surface area (Å²) in [6.45, 7) is -3.02. The molecule has 0 saturated carbocycles. The van der Waals surface area contributed by atoms with Gasteiger partial charge >= 0.3 is 6.61 Å². The quantitative estimate of drug-likeness (QED) is 0.451. The fourth-order valence-electron chi connectivity index (χ4n) is 5.08. The van der Waals surface area contributed by atoms with Crippen LogP contribution in [-0.2, 0) is 9.84 Å². The first-order chi connectivity index (χ1) is 16.7. The van der Waals surface area contributed by atoms with Gasteiger partial charge in [-0.3, -0.25) is 4.79 Å². The molecule has 1 N–H and O–H groups in total. The Labute approximate surface area is 199 Å². The van der Waals surface area contributed by atoms with Gasteiger partial charge in [-0.1, -0.05) is 24.3 Å². The van der Waals surface area contributed by atoms with Gasteiger partial charge in [0.25, 0.3) is 5.91 Å². The summed E-state index contributed by atoms with van der Waals surface area (Å²) in [5.41, 5.74) is 3.87. The summed E-state index contributed by atoms with van der Waals surface area (Å²) in [7, 11) is -3.31. The molecule has 2 aliphatic heterocycles. The molecule has 0 aliphatic carbocycles. The highest BCUT2D eigenvalue weighted by molar-refractivity contribution is 7.90. The van der Waals surface area contributed by atoms with Gasteiger partial charge in [-0.25, -0.2) is 13.4 Å². The molecule has 35 heavy (non-hydrogen) atoms. The molecule has 3 aromatic carbocycles. The maximum Gasteiger partial charge on any atom is 0.387 e. The molecule has 10 heteroatoms. The van der Waals surface area contributed by atoms with E-state index in [-0.39, 0.29) is 22.6 Å². The van der Waals surface area contributed by atoms with E-state index in [4.69, 9.17) is 9.72 Å². The van der Waals surface area contributed by atoms with E-state index in [1.54, 1.807) is 30.3 Å². The normalized spacial score (nSPS) is 18.8. The fraction of sp³-hybridized carbons (Fsp3) is 0.200. The van der Waals surface area contributed by atoms with Crippen LogP contribution < -0.4 is 10.1 Å². The number of rotatable bonds is 4. The number of benzene rings is 3. The van der Waals surface area contributed by atoms with Gasteiger partial charge in [0.2, 0.25) is 0 Å². The number of imidazole rings is 1. The summed E-state index contributed by atoms with van der Waals surface area (Å²) in [5.74, 6) is 0.276. The lowest BCUT2D eigenvalue weighted by Gasteiger charge is -2.21. The Balaban J connectivity index is 1.51. The highest BCUT2D eigenvalue weighted by Crippen LogP contribution is 2.47. The Morgan fingerprint density at radius 3 is 2.54 bits per heavy atom. The zero-order valence-corrected chi connectivity index (χ0v) is 19.2. The van der Waals surface area contributed by atoms with E-state index in [1.165, 1.54) is 12.1 Å². The number of nitrogens with zero attached hydrogens (tertiary/aromatic N) is 2. The topological polar surface area (TPSA) is 90.3 Å². The number of hydrogen-bond donors (Lipinski definition) is 1. The van der Waals surface area contributed by atoms with Crippen LogP contribution in [0.1, 0.15) is 40.3 Å². The van der Waals surface area contributed by atoms with Crippen molar-refractivity contribution in [2.75, 3.05) is 6.26 Å². The van der Waals surface area contributed by atoms with Crippen molar-refractivity contribution < 1.29 is 26.7 Å². The number of aromatic nitrogens is 2.